The number of nitrogens with zero attached hydrogens (tertiary/aromatic N) is 3. The quantitative estimate of drug-likeness (QED) is 0.760. The zero-order valence-corrected chi connectivity index (χ0v) is 13.2. The van der Waals surface area contributed by atoms with E-state index in [-0.39, 0.29) is 0 Å². The molecule has 1 aliphatic heterocycles. The molecule has 0 saturated carbocycles. The normalized spacial score (nSPS) is 17.0. The van der Waals surface area contributed by atoms with Gasteiger partial charge in [0.05, 0.1) is 24.0 Å². The van der Waals surface area contributed by atoms with Gasteiger partial charge >= 0.3 is 0 Å². The number of aromatic nitrogens is 2. The van der Waals surface area contributed by atoms with Crippen LogP contribution in [0.15, 0.2) is 53.4 Å². The second kappa shape index (κ2) is 6.56. The third kappa shape index (κ3) is 3.02. The standard InChI is InChI=1S/C18H22N4O/c1-2-10-22-16(6-1)15(13-20-22)12-19-14-17(18-7-5-11-23-18)21-8-3-4-9-21/h1-2,5-7,10-11,13,17,19H,3-4,8-9,12,14H2. The van der Waals surface area contributed by atoms with Crippen LogP contribution in [0.3, 0.4) is 0 Å². The van der Waals surface area contributed by atoms with Crippen LogP contribution in [0, 0.1) is 0 Å². The monoisotopic (exact) mass is 310 g/mol. The number of furan rings is 1. The Morgan fingerprint density at radius 3 is 2.91 bits per heavy atom. The average Bonchev–Trinajstić information content (AvgIpc) is 3.33. The fourth-order valence-electron chi connectivity index (χ4n) is 3.41. The molecule has 3 aromatic heterocycles. The van der Waals surface area contributed by atoms with E-state index in [2.05, 4.69) is 33.5 Å². The molecular weight excluding hydrogens is 288 g/mol. The molecule has 120 valence electrons. The van der Waals surface area contributed by atoms with Crippen molar-refractivity contribution in [3.8, 4) is 0 Å². The van der Waals surface area contributed by atoms with Gasteiger partial charge in [0.15, 0.2) is 0 Å². The van der Waals surface area contributed by atoms with Crippen LogP contribution in [0.1, 0.15) is 30.2 Å². The molecule has 5 heteroatoms. The first kappa shape index (κ1) is 14.5. The summed E-state index contributed by atoms with van der Waals surface area (Å²) in [4.78, 5) is 2.52. The molecule has 0 aliphatic carbocycles. The van der Waals surface area contributed by atoms with Gasteiger partial charge in [0.25, 0.3) is 0 Å². The Kier molecular flexibility index (Phi) is 4.13. The maximum Gasteiger partial charge on any atom is 0.122 e. The van der Waals surface area contributed by atoms with Crippen molar-refractivity contribution in [3.63, 3.8) is 0 Å². The van der Waals surface area contributed by atoms with Gasteiger partial charge in [0.1, 0.15) is 5.76 Å². The predicted molar refractivity (Wildman–Crippen MR) is 89.2 cm³/mol. The van der Waals surface area contributed by atoms with Crippen LogP contribution in [0.25, 0.3) is 5.52 Å². The molecule has 0 aromatic carbocycles. The molecule has 23 heavy (non-hydrogen) atoms. The first-order valence-electron chi connectivity index (χ1n) is 8.31. The second-order valence-electron chi connectivity index (χ2n) is 6.11. The van der Waals surface area contributed by atoms with Crippen molar-refractivity contribution in [2.24, 2.45) is 0 Å². The number of rotatable bonds is 6. The molecule has 1 N–H and O–H groups in total. The Morgan fingerprint density at radius 1 is 1.17 bits per heavy atom. The second-order valence-corrected chi connectivity index (χ2v) is 6.11. The fourth-order valence-corrected chi connectivity index (χ4v) is 3.41. The summed E-state index contributed by atoms with van der Waals surface area (Å²) < 4.78 is 7.59. The number of nitrogens with one attached hydrogen (secondary N) is 1. The van der Waals surface area contributed by atoms with Crippen LogP contribution in [0.4, 0.5) is 0 Å². The maximum absolute atomic E-state index is 5.67. The Morgan fingerprint density at radius 2 is 2.09 bits per heavy atom. The molecule has 0 radical (unpaired) electrons. The van der Waals surface area contributed by atoms with Gasteiger partial charge in [-0.2, -0.15) is 5.10 Å². The van der Waals surface area contributed by atoms with Crippen molar-refractivity contribution in [1.82, 2.24) is 19.8 Å². The molecule has 1 fully saturated rings. The minimum atomic E-state index is 0.314. The summed E-state index contributed by atoms with van der Waals surface area (Å²) in [6, 6.07) is 10.5. The highest BCUT2D eigenvalue weighted by Gasteiger charge is 2.25. The minimum absolute atomic E-state index is 0.314. The fraction of sp³-hybridized carbons (Fsp3) is 0.389. The van der Waals surface area contributed by atoms with Crippen molar-refractivity contribution in [2.45, 2.75) is 25.4 Å². The smallest absolute Gasteiger partial charge is 0.122 e. The lowest BCUT2D eigenvalue weighted by molar-refractivity contribution is 0.209. The van der Waals surface area contributed by atoms with Crippen LogP contribution >= 0.6 is 0 Å². The van der Waals surface area contributed by atoms with E-state index in [1.807, 2.05) is 29.0 Å². The van der Waals surface area contributed by atoms with Crippen molar-refractivity contribution < 1.29 is 4.42 Å². The van der Waals surface area contributed by atoms with Crippen molar-refractivity contribution in [1.29, 1.82) is 0 Å². The number of hydrogen-bond acceptors (Lipinski definition) is 4. The lowest BCUT2D eigenvalue weighted by Gasteiger charge is -2.26. The van der Waals surface area contributed by atoms with Gasteiger partial charge in [0.2, 0.25) is 0 Å². The summed E-state index contributed by atoms with van der Waals surface area (Å²) in [5.41, 5.74) is 2.39. The Labute approximate surface area is 135 Å². The zero-order valence-electron chi connectivity index (χ0n) is 13.2. The van der Waals surface area contributed by atoms with E-state index in [0.29, 0.717) is 6.04 Å². The average molecular weight is 310 g/mol. The molecular formula is C18H22N4O. The number of hydrogen-bond donors (Lipinski definition) is 1. The van der Waals surface area contributed by atoms with Gasteiger partial charge in [-0.25, -0.2) is 4.52 Å². The van der Waals surface area contributed by atoms with Gasteiger partial charge in [0, 0.05) is 24.8 Å². The van der Waals surface area contributed by atoms with Crippen LogP contribution in [-0.4, -0.2) is 34.1 Å². The number of pyridine rings is 1. The molecule has 1 unspecified atom stereocenters. The number of fused-ring (bicyclic) bond motifs is 1. The molecule has 0 amide bonds. The lowest BCUT2D eigenvalue weighted by atomic mass is 10.2. The first-order valence-corrected chi connectivity index (χ1v) is 8.31. The van der Waals surface area contributed by atoms with Gasteiger partial charge in [-0.1, -0.05) is 6.07 Å². The van der Waals surface area contributed by atoms with Gasteiger partial charge in [-0.15, -0.1) is 0 Å². The SMILES string of the molecule is c1coc(C(CNCc2cnn3ccccc23)N2CCCC2)c1. The van der Waals surface area contributed by atoms with E-state index < -0.39 is 0 Å². The van der Waals surface area contributed by atoms with Gasteiger partial charge in [-0.3, -0.25) is 4.90 Å². The van der Waals surface area contributed by atoms with E-state index in [1.165, 1.54) is 18.4 Å². The predicted octanol–water partition coefficient (Wildman–Crippen LogP) is 2.85. The van der Waals surface area contributed by atoms with E-state index >= 15 is 0 Å². The first-order chi connectivity index (χ1) is 11.4. The van der Waals surface area contributed by atoms with E-state index in [9.17, 15) is 0 Å². The highest BCUT2D eigenvalue weighted by Crippen LogP contribution is 2.25. The summed E-state index contributed by atoms with van der Waals surface area (Å²) in [7, 11) is 0. The van der Waals surface area contributed by atoms with Gasteiger partial charge in [-0.05, 0) is 50.2 Å². The van der Waals surface area contributed by atoms with Gasteiger partial charge < -0.3 is 9.73 Å². The largest absolute Gasteiger partial charge is 0.468 e. The zero-order chi connectivity index (χ0) is 15.5. The highest BCUT2D eigenvalue weighted by molar-refractivity contribution is 5.53. The molecule has 1 aliphatic rings. The summed E-state index contributed by atoms with van der Waals surface area (Å²) in [6.45, 7) is 4.02. The highest BCUT2D eigenvalue weighted by atomic mass is 16.3. The molecule has 1 atom stereocenters. The van der Waals surface area contributed by atoms with Crippen LogP contribution in [-0.2, 0) is 6.54 Å². The number of likely N-dealkylation sites (tertiary alicyclic amines) is 1. The third-order valence-corrected chi connectivity index (χ3v) is 4.61. The van der Waals surface area contributed by atoms with Crippen LogP contribution < -0.4 is 5.32 Å². The molecule has 5 nitrogen and oxygen atoms in total. The Balaban J connectivity index is 1.43. The molecule has 0 bridgehead atoms. The third-order valence-electron chi connectivity index (χ3n) is 4.61. The van der Waals surface area contributed by atoms with E-state index in [0.717, 1.165) is 37.5 Å². The summed E-state index contributed by atoms with van der Waals surface area (Å²) in [6.07, 6.45) is 8.26. The maximum atomic E-state index is 5.67. The van der Waals surface area contributed by atoms with E-state index in [1.54, 1.807) is 6.26 Å². The molecule has 3 aromatic rings. The van der Waals surface area contributed by atoms with Crippen molar-refractivity contribution in [3.05, 3.63) is 60.3 Å². The molecule has 4 rings (SSSR count). The topological polar surface area (TPSA) is 45.7 Å². The summed E-state index contributed by atoms with van der Waals surface area (Å²) >= 11 is 0. The summed E-state index contributed by atoms with van der Waals surface area (Å²) in [5.74, 6) is 1.05. The minimum Gasteiger partial charge on any atom is -0.468 e. The Bertz CT molecular complexity index is 743. The van der Waals surface area contributed by atoms with Crippen LogP contribution in [0.5, 0.6) is 0 Å². The van der Waals surface area contributed by atoms with Crippen molar-refractivity contribution in [2.75, 3.05) is 19.6 Å². The molecule has 1 saturated heterocycles. The van der Waals surface area contributed by atoms with E-state index in [4.69, 9.17) is 4.42 Å². The molecule has 4 heterocycles. The Hall–Kier alpha value is -2.11. The molecule has 0 spiro atoms. The van der Waals surface area contributed by atoms with Crippen molar-refractivity contribution >= 4 is 5.52 Å². The lowest BCUT2D eigenvalue weighted by Crippen LogP contribution is -2.33. The summed E-state index contributed by atoms with van der Waals surface area (Å²) in [5, 5.41) is 7.98. The van der Waals surface area contributed by atoms with Crippen LogP contribution in [0.2, 0.25) is 0 Å².